The number of piperidine rings is 1. The maximum atomic E-state index is 12.6. The number of methoxy groups -OCH3 is 2. The zero-order valence-electron chi connectivity index (χ0n) is 17.6. The van der Waals surface area contributed by atoms with Crippen molar-refractivity contribution in [1.29, 1.82) is 0 Å². The number of carbonyl (C=O) groups excluding carboxylic acids is 1. The van der Waals surface area contributed by atoms with E-state index in [4.69, 9.17) is 9.47 Å². The van der Waals surface area contributed by atoms with Gasteiger partial charge in [-0.15, -0.1) is 0 Å². The Morgan fingerprint density at radius 3 is 2.76 bits per heavy atom. The lowest BCUT2D eigenvalue weighted by atomic mass is 9.99. The molecule has 1 atom stereocenters. The Bertz CT molecular complexity index is 825. The monoisotopic (exact) mass is 397 g/mol. The molecule has 1 N–H and O–H groups in total. The number of aromatic nitrogens is 1. The lowest BCUT2D eigenvalue weighted by Crippen LogP contribution is -2.39. The number of amides is 1. The molecule has 0 spiro atoms. The van der Waals surface area contributed by atoms with Crippen molar-refractivity contribution in [2.24, 2.45) is 0 Å². The smallest absolute Gasteiger partial charge is 0.252 e. The van der Waals surface area contributed by atoms with Crippen LogP contribution < -0.4 is 19.7 Å². The molecule has 0 aliphatic carbocycles. The van der Waals surface area contributed by atoms with Crippen LogP contribution in [-0.2, 0) is 6.42 Å². The number of carbonyl (C=O) groups is 1. The second-order valence-electron chi connectivity index (χ2n) is 7.38. The van der Waals surface area contributed by atoms with Crippen LogP contribution in [0, 0.1) is 0 Å². The second-order valence-corrected chi connectivity index (χ2v) is 7.38. The zero-order valence-corrected chi connectivity index (χ0v) is 17.6. The summed E-state index contributed by atoms with van der Waals surface area (Å²) in [6, 6.07) is 8.30. The van der Waals surface area contributed by atoms with Crippen molar-refractivity contribution < 1.29 is 14.3 Å². The fourth-order valence-corrected chi connectivity index (χ4v) is 3.93. The van der Waals surface area contributed by atoms with Crippen LogP contribution in [0.3, 0.4) is 0 Å². The third-order valence-corrected chi connectivity index (χ3v) is 5.56. The van der Waals surface area contributed by atoms with Gasteiger partial charge >= 0.3 is 0 Å². The molecule has 2 heterocycles. The summed E-state index contributed by atoms with van der Waals surface area (Å²) in [7, 11) is 3.24. The van der Waals surface area contributed by atoms with Crippen molar-refractivity contribution in [1.82, 2.24) is 10.3 Å². The van der Waals surface area contributed by atoms with Crippen molar-refractivity contribution in [3.05, 3.63) is 47.8 Å². The van der Waals surface area contributed by atoms with Crippen molar-refractivity contribution in [3.63, 3.8) is 0 Å². The first-order chi connectivity index (χ1) is 14.2. The molecular formula is C23H31N3O3. The standard InChI is InChI=1S/C23H31N3O3/c1-4-19-7-5-6-12-26(19)20-14-18(15-24-16-20)23(27)25-11-10-17-8-9-21(28-2)22(13-17)29-3/h8-9,13-16,19H,4-7,10-12H2,1-3H3,(H,25,27). The Labute approximate surface area is 173 Å². The molecule has 0 radical (unpaired) electrons. The molecule has 1 amide bonds. The van der Waals surface area contributed by atoms with Gasteiger partial charge in [-0.1, -0.05) is 13.0 Å². The maximum absolute atomic E-state index is 12.6. The molecule has 1 aliphatic heterocycles. The second kappa shape index (κ2) is 10.1. The molecule has 156 valence electrons. The van der Waals surface area contributed by atoms with Gasteiger partial charge in [0.25, 0.3) is 5.91 Å². The third kappa shape index (κ3) is 5.19. The molecule has 1 aromatic heterocycles. The van der Waals surface area contributed by atoms with Crippen LogP contribution in [-0.4, -0.2) is 44.2 Å². The van der Waals surface area contributed by atoms with Crippen molar-refractivity contribution in [2.75, 3.05) is 32.2 Å². The highest BCUT2D eigenvalue weighted by atomic mass is 16.5. The Morgan fingerprint density at radius 1 is 1.17 bits per heavy atom. The average Bonchev–Trinajstić information content (AvgIpc) is 2.78. The predicted octanol–water partition coefficient (Wildman–Crippen LogP) is 3.84. The summed E-state index contributed by atoms with van der Waals surface area (Å²) in [5, 5.41) is 3.00. The number of nitrogens with one attached hydrogen (secondary N) is 1. The molecule has 1 saturated heterocycles. The molecule has 29 heavy (non-hydrogen) atoms. The Morgan fingerprint density at radius 2 is 2.00 bits per heavy atom. The van der Waals surface area contributed by atoms with Gasteiger partial charge in [-0.2, -0.15) is 0 Å². The van der Waals surface area contributed by atoms with E-state index in [1.807, 2.05) is 30.5 Å². The van der Waals surface area contributed by atoms with Gasteiger partial charge in [-0.3, -0.25) is 9.78 Å². The topological polar surface area (TPSA) is 63.7 Å². The Kier molecular flexibility index (Phi) is 7.33. The van der Waals surface area contributed by atoms with E-state index in [9.17, 15) is 4.79 Å². The van der Waals surface area contributed by atoms with Crippen LogP contribution in [0.5, 0.6) is 11.5 Å². The van der Waals surface area contributed by atoms with Crippen molar-refractivity contribution in [3.8, 4) is 11.5 Å². The number of ether oxygens (including phenoxy) is 2. The molecule has 1 fully saturated rings. The number of hydrogen-bond donors (Lipinski definition) is 1. The van der Waals surface area contributed by atoms with Crippen LogP contribution >= 0.6 is 0 Å². The number of nitrogens with zero attached hydrogens (tertiary/aromatic N) is 2. The first kappa shape index (κ1) is 21.0. The van der Waals surface area contributed by atoms with Gasteiger partial charge in [0.2, 0.25) is 0 Å². The van der Waals surface area contributed by atoms with Gasteiger partial charge in [0.15, 0.2) is 11.5 Å². The summed E-state index contributed by atoms with van der Waals surface area (Å²) in [6.07, 6.45) is 9.01. The summed E-state index contributed by atoms with van der Waals surface area (Å²) in [6.45, 7) is 3.80. The van der Waals surface area contributed by atoms with Gasteiger partial charge in [-0.25, -0.2) is 0 Å². The van der Waals surface area contributed by atoms with Gasteiger partial charge < -0.3 is 19.7 Å². The lowest BCUT2D eigenvalue weighted by molar-refractivity contribution is 0.0954. The minimum absolute atomic E-state index is 0.0927. The van der Waals surface area contributed by atoms with Gasteiger partial charge in [0, 0.05) is 25.3 Å². The molecule has 3 rings (SSSR count). The summed E-state index contributed by atoms with van der Waals surface area (Å²) in [5.41, 5.74) is 2.73. The highest BCUT2D eigenvalue weighted by Gasteiger charge is 2.22. The minimum Gasteiger partial charge on any atom is -0.493 e. The number of hydrogen-bond acceptors (Lipinski definition) is 5. The van der Waals surface area contributed by atoms with Gasteiger partial charge in [0.1, 0.15) is 0 Å². The molecule has 2 aromatic rings. The normalized spacial score (nSPS) is 16.4. The summed E-state index contributed by atoms with van der Waals surface area (Å²) in [5.74, 6) is 1.30. The Hall–Kier alpha value is -2.76. The van der Waals surface area contributed by atoms with Crippen molar-refractivity contribution in [2.45, 2.75) is 45.1 Å². The van der Waals surface area contributed by atoms with Crippen LogP contribution in [0.25, 0.3) is 0 Å². The fraction of sp³-hybridized carbons (Fsp3) is 0.478. The van der Waals surface area contributed by atoms with E-state index in [1.165, 1.54) is 19.3 Å². The molecule has 0 saturated carbocycles. The first-order valence-electron chi connectivity index (χ1n) is 10.4. The van der Waals surface area contributed by atoms with Gasteiger partial charge in [-0.05, 0) is 55.9 Å². The Balaban J connectivity index is 1.60. The minimum atomic E-state index is -0.0927. The summed E-state index contributed by atoms with van der Waals surface area (Å²) < 4.78 is 10.6. The zero-order chi connectivity index (χ0) is 20.6. The van der Waals surface area contributed by atoms with E-state index in [1.54, 1.807) is 20.4 Å². The van der Waals surface area contributed by atoms with E-state index in [-0.39, 0.29) is 5.91 Å². The van der Waals surface area contributed by atoms with Crippen LogP contribution in [0.4, 0.5) is 5.69 Å². The largest absolute Gasteiger partial charge is 0.493 e. The number of benzene rings is 1. The average molecular weight is 398 g/mol. The van der Waals surface area contributed by atoms with E-state index >= 15 is 0 Å². The lowest BCUT2D eigenvalue weighted by Gasteiger charge is -2.37. The maximum Gasteiger partial charge on any atom is 0.252 e. The molecule has 0 bridgehead atoms. The SMILES string of the molecule is CCC1CCCCN1c1cncc(C(=O)NCCc2ccc(OC)c(OC)c2)c1. The van der Waals surface area contributed by atoms with Crippen LogP contribution in [0.1, 0.15) is 48.5 Å². The first-order valence-corrected chi connectivity index (χ1v) is 10.4. The molecule has 6 nitrogen and oxygen atoms in total. The fourth-order valence-electron chi connectivity index (χ4n) is 3.93. The molecular weight excluding hydrogens is 366 g/mol. The van der Waals surface area contributed by atoms with E-state index < -0.39 is 0 Å². The van der Waals surface area contributed by atoms with E-state index in [2.05, 4.69) is 22.1 Å². The number of anilines is 1. The molecule has 1 aliphatic rings. The van der Waals surface area contributed by atoms with Gasteiger partial charge in [0.05, 0.1) is 31.7 Å². The van der Waals surface area contributed by atoms with Crippen molar-refractivity contribution >= 4 is 11.6 Å². The number of pyridine rings is 1. The number of rotatable bonds is 8. The summed E-state index contributed by atoms with van der Waals surface area (Å²) in [4.78, 5) is 19.4. The highest BCUT2D eigenvalue weighted by molar-refractivity contribution is 5.94. The van der Waals surface area contributed by atoms with E-state index in [0.29, 0.717) is 36.1 Å². The van der Waals surface area contributed by atoms with Crippen LogP contribution in [0.2, 0.25) is 0 Å². The van der Waals surface area contributed by atoms with E-state index in [0.717, 1.165) is 24.2 Å². The highest BCUT2D eigenvalue weighted by Crippen LogP contribution is 2.28. The summed E-state index contributed by atoms with van der Waals surface area (Å²) >= 11 is 0. The quantitative estimate of drug-likeness (QED) is 0.733. The molecule has 6 heteroatoms. The predicted molar refractivity (Wildman–Crippen MR) is 115 cm³/mol. The molecule has 1 aromatic carbocycles. The third-order valence-electron chi connectivity index (χ3n) is 5.56. The molecule has 1 unspecified atom stereocenters. The van der Waals surface area contributed by atoms with Crippen LogP contribution in [0.15, 0.2) is 36.7 Å².